The molecule has 0 bridgehead atoms. The molecule has 168 valence electrons. The van der Waals surface area contributed by atoms with Crippen molar-refractivity contribution >= 4 is 21.6 Å². The highest BCUT2D eigenvalue weighted by molar-refractivity contribution is 7.92. The lowest BCUT2D eigenvalue weighted by Crippen LogP contribution is -2.29. The molecular weight excluding hydrogens is 424 g/mol. The van der Waals surface area contributed by atoms with Crippen molar-refractivity contribution in [3.05, 3.63) is 95.6 Å². The predicted molar refractivity (Wildman–Crippen MR) is 128 cm³/mol. The van der Waals surface area contributed by atoms with Gasteiger partial charge in [0.15, 0.2) is 0 Å². The van der Waals surface area contributed by atoms with Crippen LogP contribution in [0.15, 0.2) is 78.9 Å². The maximum Gasteiger partial charge on any atom is 0.251 e. The highest BCUT2D eigenvalue weighted by atomic mass is 32.2. The van der Waals surface area contributed by atoms with Crippen molar-refractivity contribution in [2.45, 2.75) is 19.4 Å². The van der Waals surface area contributed by atoms with E-state index in [1.165, 1.54) is 16.1 Å². The Balaban J connectivity index is 1.66. The lowest BCUT2D eigenvalue weighted by Gasteiger charge is -2.23. The molecule has 3 aromatic carbocycles. The van der Waals surface area contributed by atoms with Gasteiger partial charge < -0.3 is 10.1 Å². The third-order valence-corrected chi connectivity index (χ3v) is 6.38. The fraction of sp³-hybridized carbons (Fsp3) is 0.240. The molecule has 1 amide bonds. The van der Waals surface area contributed by atoms with Crippen LogP contribution in [0, 0.1) is 0 Å². The zero-order chi connectivity index (χ0) is 23.1. The Bertz CT molecular complexity index is 1130. The van der Waals surface area contributed by atoms with Gasteiger partial charge >= 0.3 is 0 Å². The molecule has 0 spiro atoms. The molecule has 0 heterocycles. The van der Waals surface area contributed by atoms with E-state index in [1.54, 1.807) is 55.6 Å². The molecule has 32 heavy (non-hydrogen) atoms. The lowest BCUT2D eigenvalue weighted by atomic mass is 10.0. The summed E-state index contributed by atoms with van der Waals surface area (Å²) in [6.07, 6.45) is 1.17. The van der Waals surface area contributed by atoms with E-state index in [-0.39, 0.29) is 18.4 Å². The summed E-state index contributed by atoms with van der Waals surface area (Å²) >= 11 is 0. The molecule has 0 radical (unpaired) electrons. The number of carbonyl (C=O) groups excluding carboxylic acids is 1. The number of methoxy groups -OCH3 is 1. The van der Waals surface area contributed by atoms with E-state index >= 15 is 0 Å². The Hall–Kier alpha value is -3.32. The topological polar surface area (TPSA) is 75.7 Å². The molecule has 7 heteroatoms. The average molecular weight is 453 g/mol. The van der Waals surface area contributed by atoms with E-state index in [0.29, 0.717) is 23.5 Å². The zero-order valence-electron chi connectivity index (χ0n) is 18.5. The number of nitrogens with one attached hydrogen (secondary N) is 1. The first-order valence-corrected chi connectivity index (χ1v) is 12.2. The quantitative estimate of drug-likeness (QED) is 0.528. The Morgan fingerprint density at radius 3 is 2.16 bits per heavy atom. The van der Waals surface area contributed by atoms with Crippen LogP contribution in [0.2, 0.25) is 0 Å². The molecule has 0 saturated carbocycles. The summed E-state index contributed by atoms with van der Waals surface area (Å²) in [7, 11) is -1.93. The summed E-state index contributed by atoms with van der Waals surface area (Å²) < 4.78 is 31.2. The second-order valence-corrected chi connectivity index (χ2v) is 9.59. The van der Waals surface area contributed by atoms with Crippen LogP contribution in [0.4, 0.5) is 5.69 Å². The van der Waals surface area contributed by atoms with Crippen LogP contribution >= 0.6 is 0 Å². The van der Waals surface area contributed by atoms with Gasteiger partial charge in [0.25, 0.3) is 5.91 Å². The number of carbonyl (C=O) groups is 1. The first kappa shape index (κ1) is 23.3. The summed E-state index contributed by atoms with van der Waals surface area (Å²) in [5.41, 5.74) is 3.03. The minimum Gasteiger partial charge on any atom is -0.497 e. The Morgan fingerprint density at radius 2 is 1.59 bits per heavy atom. The number of sulfonamides is 1. The summed E-state index contributed by atoms with van der Waals surface area (Å²) in [4.78, 5) is 12.5. The van der Waals surface area contributed by atoms with E-state index in [9.17, 15) is 13.2 Å². The molecule has 0 fully saturated rings. The number of benzene rings is 3. The third-order valence-electron chi connectivity index (χ3n) is 5.24. The molecule has 0 aliphatic rings. The second kappa shape index (κ2) is 10.3. The Kier molecular flexibility index (Phi) is 7.53. The molecule has 1 unspecified atom stereocenters. The van der Waals surface area contributed by atoms with Gasteiger partial charge in [0.1, 0.15) is 5.75 Å². The third kappa shape index (κ3) is 6.11. The molecule has 6 nitrogen and oxygen atoms in total. The molecule has 1 atom stereocenters. The Labute approximate surface area is 189 Å². The van der Waals surface area contributed by atoms with Gasteiger partial charge in [-0.25, -0.2) is 8.42 Å². The minimum absolute atomic E-state index is 0.158. The summed E-state index contributed by atoms with van der Waals surface area (Å²) in [5.74, 6) is 0.695. The van der Waals surface area contributed by atoms with E-state index in [2.05, 4.69) is 12.2 Å². The van der Waals surface area contributed by atoms with E-state index in [4.69, 9.17) is 4.74 Å². The average Bonchev–Trinajstić information content (AvgIpc) is 2.81. The zero-order valence-corrected chi connectivity index (χ0v) is 19.3. The Morgan fingerprint density at radius 1 is 0.969 bits per heavy atom. The van der Waals surface area contributed by atoms with E-state index in [1.807, 2.05) is 30.3 Å². The van der Waals surface area contributed by atoms with Gasteiger partial charge in [0.2, 0.25) is 10.0 Å². The highest BCUT2D eigenvalue weighted by Crippen LogP contribution is 2.23. The van der Waals surface area contributed by atoms with Crippen molar-refractivity contribution in [3.8, 4) is 5.75 Å². The van der Waals surface area contributed by atoms with Crippen molar-refractivity contribution in [1.29, 1.82) is 0 Å². The van der Waals surface area contributed by atoms with Crippen LogP contribution in [0.5, 0.6) is 5.75 Å². The molecule has 0 aromatic heterocycles. The number of nitrogens with zero attached hydrogens (tertiary/aromatic N) is 1. The fourth-order valence-electron chi connectivity index (χ4n) is 3.32. The van der Waals surface area contributed by atoms with Gasteiger partial charge in [-0.2, -0.15) is 0 Å². The first-order valence-electron chi connectivity index (χ1n) is 10.3. The molecule has 3 aromatic rings. The van der Waals surface area contributed by atoms with Crippen LogP contribution in [0.3, 0.4) is 0 Å². The molecule has 3 rings (SSSR count). The monoisotopic (exact) mass is 452 g/mol. The van der Waals surface area contributed by atoms with Crippen molar-refractivity contribution in [2.24, 2.45) is 0 Å². The number of hydrogen-bond acceptors (Lipinski definition) is 4. The molecule has 0 saturated heterocycles. The van der Waals surface area contributed by atoms with Gasteiger partial charge in [-0.3, -0.25) is 9.10 Å². The van der Waals surface area contributed by atoms with E-state index < -0.39 is 10.0 Å². The number of rotatable bonds is 9. The second-order valence-electron chi connectivity index (χ2n) is 7.69. The molecule has 0 aliphatic carbocycles. The van der Waals surface area contributed by atoms with Gasteiger partial charge in [-0.05, 0) is 53.4 Å². The minimum atomic E-state index is -3.49. The summed E-state index contributed by atoms with van der Waals surface area (Å²) in [6.45, 7) is 2.76. The molecule has 1 N–H and O–H groups in total. The number of hydrogen-bond donors (Lipinski definition) is 1. The number of amides is 1. The number of anilines is 1. The van der Waals surface area contributed by atoms with Crippen molar-refractivity contribution in [3.63, 3.8) is 0 Å². The maximum absolute atomic E-state index is 12.5. The first-order chi connectivity index (χ1) is 15.3. The van der Waals surface area contributed by atoms with Crippen LogP contribution in [0.25, 0.3) is 0 Å². The van der Waals surface area contributed by atoms with Crippen LogP contribution in [-0.4, -0.2) is 34.2 Å². The molecular formula is C25H28N2O4S. The van der Waals surface area contributed by atoms with Gasteiger partial charge in [-0.15, -0.1) is 0 Å². The van der Waals surface area contributed by atoms with Gasteiger partial charge in [0, 0.05) is 12.1 Å². The number of ether oxygens (including phenoxy) is 1. The highest BCUT2D eigenvalue weighted by Gasteiger charge is 2.18. The normalized spacial score (nSPS) is 12.1. The van der Waals surface area contributed by atoms with E-state index in [0.717, 1.165) is 5.56 Å². The van der Waals surface area contributed by atoms with Crippen molar-refractivity contribution in [1.82, 2.24) is 5.32 Å². The SMILES string of the molecule is COc1ccc(N(Cc2ccc(C(=O)NCC(C)c3ccccc3)cc2)S(C)(=O)=O)cc1. The lowest BCUT2D eigenvalue weighted by molar-refractivity contribution is 0.0951. The predicted octanol–water partition coefficient (Wildman–Crippen LogP) is 4.19. The maximum atomic E-state index is 12.5. The summed E-state index contributed by atoms with van der Waals surface area (Å²) in [6, 6.07) is 23.9. The molecule has 0 aliphatic heterocycles. The van der Waals surface area contributed by atoms with Crippen molar-refractivity contribution < 1.29 is 17.9 Å². The van der Waals surface area contributed by atoms with Crippen LogP contribution < -0.4 is 14.4 Å². The standard InChI is InChI=1S/C25H28N2O4S/c1-19(21-7-5-4-6-8-21)17-26-25(28)22-11-9-20(10-12-22)18-27(32(3,29)30)23-13-15-24(31-2)16-14-23/h4-16,19H,17-18H2,1-3H3,(H,26,28). The van der Waals surface area contributed by atoms with Crippen molar-refractivity contribution in [2.75, 3.05) is 24.2 Å². The largest absolute Gasteiger partial charge is 0.497 e. The van der Waals surface area contributed by atoms with Gasteiger partial charge in [0.05, 0.1) is 25.6 Å². The fourth-order valence-corrected chi connectivity index (χ4v) is 4.21. The van der Waals surface area contributed by atoms with Crippen LogP contribution in [0.1, 0.15) is 34.3 Å². The van der Waals surface area contributed by atoms with Gasteiger partial charge in [-0.1, -0.05) is 49.4 Å². The van der Waals surface area contributed by atoms with Crippen LogP contribution in [-0.2, 0) is 16.6 Å². The summed E-state index contributed by atoms with van der Waals surface area (Å²) in [5, 5.41) is 2.96. The smallest absolute Gasteiger partial charge is 0.251 e.